The number of carbonyl (C=O) groups excluding carboxylic acids is 2. The van der Waals surface area contributed by atoms with Crippen LogP contribution in [0.5, 0.6) is 0 Å². The molecule has 1 aliphatic heterocycles. The molecule has 8 nitrogen and oxygen atoms in total. The van der Waals surface area contributed by atoms with Gasteiger partial charge in [0.2, 0.25) is 5.91 Å². The first-order chi connectivity index (χ1) is 16.9. The summed E-state index contributed by atoms with van der Waals surface area (Å²) < 4.78 is 21.1. The van der Waals surface area contributed by atoms with Gasteiger partial charge in [0.05, 0.1) is 24.3 Å². The average Bonchev–Trinajstić information content (AvgIpc) is 3.22. The molecule has 1 fully saturated rings. The van der Waals surface area contributed by atoms with Gasteiger partial charge in [-0.15, -0.1) is 11.8 Å². The molecular formula is C24H28FN5O3S2. The molecule has 186 valence electrons. The van der Waals surface area contributed by atoms with Crippen molar-refractivity contribution in [1.82, 2.24) is 10.6 Å². The summed E-state index contributed by atoms with van der Waals surface area (Å²) in [6.45, 7) is 7.29. The van der Waals surface area contributed by atoms with Crippen LogP contribution in [0.4, 0.5) is 14.9 Å². The third-order valence-electron chi connectivity index (χ3n) is 5.10. The summed E-state index contributed by atoms with van der Waals surface area (Å²) in [5.41, 5.74) is 4.24. The second-order valence-corrected chi connectivity index (χ2v) is 10.1. The predicted molar refractivity (Wildman–Crippen MR) is 142 cm³/mol. The van der Waals surface area contributed by atoms with Gasteiger partial charge in [-0.25, -0.2) is 9.18 Å². The summed E-state index contributed by atoms with van der Waals surface area (Å²) in [5, 5.41) is 9.42. The molecular weight excluding hydrogens is 489 g/mol. The molecule has 35 heavy (non-hydrogen) atoms. The van der Waals surface area contributed by atoms with Gasteiger partial charge < -0.3 is 21.2 Å². The standard InChI is InChI=1S/C24H28FN5O3S2/c1-16(31)28-13-21-14-30(24(32)33-21)20-7-8-22(23(25)11-20)19-5-3-18(4-6-19)12-27-9-10-34-17(2)35-15-29-26/h3-8,11,15,21,27H,2,9-10,12-14,26H2,1H3,(H,28,31)/b29-15-/t21-/m0/s1. The van der Waals surface area contributed by atoms with E-state index in [4.69, 9.17) is 10.6 Å². The molecule has 0 bridgehead atoms. The van der Waals surface area contributed by atoms with E-state index >= 15 is 0 Å². The molecule has 1 heterocycles. The number of carbonyl (C=O) groups is 2. The zero-order valence-electron chi connectivity index (χ0n) is 19.3. The van der Waals surface area contributed by atoms with Crippen molar-refractivity contribution in [2.75, 3.05) is 30.3 Å². The number of nitrogens with one attached hydrogen (secondary N) is 2. The second kappa shape index (κ2) is 13.2. The number of thioether (sulfide) groups is 2. The van der Waals surface area contributed by atoms with Crippen molar-refractivity contribution in [2.45, 2.75) is 19.6 Å². The molecule has 3 rings (SSSR count). The monoisotopic (exact) mass is 517 g/mol. The van der Waals surface area contributed by atoms with Gasteiger partial charge in [0.25, 0.3) is 0 Å². The van der Waals surface area contributed by atoms with Crippen LogP contribution in [0, 0.1) is 5.82 Å². The van der Waals surface area contributed by atoms with Crippen molar-refractivity contribution in [1.29, 1.82) is 0 Å². The Labute approximate surface area is 212 Å². The fraction of sp³-hybridized carbons (Fsp3) is 0.292. The van der Waals surface area contributed by atoms with E-state index in [0.717, 1.165) is 27.7 Å². The van der Waals surface area contributed by atoms with E-state index in [1.165, 1.54) is 29.7 Å². The first-order valence-electron chi connectivity index (χ1n) is 10.9. The lowest BCUT2D eigenvalue weighted by Crippen LogP contribution is -2.33. The number of hydrogen-bond donors (Lipinski definition) is 3. The van der Waals surface area contributed by atoms with Gasteiger partial charge in [-0.1, -0.05) is 42.6 Å². The first kappa shape index (κ1) is 26.6. The SMILES string of the molecule is C=C(S/C=N\N)SCCNCc1ccc(-c2ccc(N3C[C@H](CNC(C)=O)OC3=O)cc2F)cc1. The Kier molecular flexibility index (Phi) is 10.0. The molecule has 4 N–H and O–H groups in total. The zero-order chi connectivity index (χ0) is 25.2. The highest BCUT2D eigenvalue weighted by Crippen LogP contribution is 2.29. The maximum atomic E-state index is 14.9. The summed E-state index contributed by atoms with van der Waals surface area (Å²) in [5.74, 6) is 5.31. The number of halogens is 1. The molecule has 0 saturated carbocycles. The van der Waals surface area contributed by atoms with Gasteiger partial charge in [-0.05, 0) is 29.3 Å². The molecule has 2 aromatic rings. The minimum absolute atomic E-state index is 0.203. The largest absolute Gasteiger partial charge is 0.442 e. The molecule has 0 unspecified atom stereocenters. The highest BCUT2D eigenvalue weighted by Gasteiger charge is 2.32. The second-order valence-electron chi connectivity index (χ2n) is 7.68. The van der Waals surface area contributed by atoms with Crippen LogP contribution in [0.15, 0.2) is 58.4 Å². The number of amides is 2. The van der Waals surface area contributed by atoms with E-state index in [-0.39, 0.29) is 19.0 Å². The van der Waals surface area contributed by atoms with Crippen LogP contribution in [-0.4, -0.2) is 49.0 Å². The topological polar surface area (TPSA) is 109 Å². The lowest BCUT2D eigenvalue weighted by Gasteiger charge is -2.15. The van der Waals surface area contributed by atoms with E-state index in [9.17, 15) is 14.0 Å². The van der Waals surface area contributed by atoms with Crippen LogP contribution in [0.3, 0.4) is 0 Å². The van der Waals surface area contributed by atoms with Crippen LogP contribution >= 0.6 is 23.5 Å². The molecule has 0 radical (unpaired) electrons. The highest BCUT2D eigenvalue weighted by molar-refractivity contribution is 8.28. The lowest BCUT2D eigenvalue weighted by atomic mass is 10.0. The number of cyclic esters (lactones) is 1. The summed E-state index contributed by atoms with van der Waals surface area (Å²) in [7, 11) is 0. The van der Waals surface area contributed by atoms with Gasteiger partial charge in [0.15, 0.2) is 0 Å². The summed E-state index contributed by atoms with van der Waals surface area (Å²) in [4.78, 5) is 24.6. The van der Waals surface area contributed by atoms with Gasteiger partial charge >= 0.3 is 6.09 Å². The Morgan fingerprint density at radius 3 is 2.80 bits per heavy atom. The van der Waals surface area contributed by atoms with Crippen LogP contribution < -0.4 is 21.4 Å². The van der Waals surface area contributed by atoms with E-state index in [2.05, 4.69) is 22.3 Å². The van der Waals surface area contributed by atoms with Crippen molar-refractivity contribution < 1.29 is 18.7 Å². The molecule has 1 aliphatic rings. The molecule has 2 amide bonds. The van der Waals surface area contributed by atoms with Crippen molar-refractivity contribution in [2.24, 2.45) is 10.9 Å². The molecule has 11 heteroatoms. The number of anilines is 1. The van der Waals surface area contributed by atoms with Crippen molar-refractivity contribution >= 4 is 46.8 Å². The number of nitrogens with two attached hydrogens (primary N) is 1. The van der Waals surface area contributed by atoms with Crippen LogP contribution in [0.1, 0.15) is 12.5 Å². The van der Waals surface area contributed by atoms with E-state index in [1.54, 1.807) is 29.4 Å². The fourth-order valence-corrected chi connectivity index (χ4v) is 4.70. The average molecular weight is 518 g/mol. The first-order valence-corrected chi connectivity index (χ1v) is 12.8. The van der Waals surface area contributed by atoms with Gasteiger partial charge in [0, 0.05) is 35.6 Å². The van der Waals surface area contributed by atoms with Crippen molar-refractivity contribution in [3.63, 3.8) is 0 Å². The Balaban J connectivity index is 1.52. The predicted octanol–water partition coefficient (Wildman–Crippen LogP) is 3.88. The fourth-order valence-electron chi connectivity index (χ4n) is 3.40. The van der Waals surface area contributed by atoms with E-state index in [1.807, 2.05) is 24.3 Å². The normalized spacial score (nSPS) is 15.4. The molecule has 1 atom stereocenters. The Hall–Kier alpha value is -3.02. The summed E-state index contributed by atoms with van der Waals surface area (Å²) >= 11 is 3.03. The summed E-state index contributed by atoms with van der Waals surface area (Å²) in [6, 6.07) is 12.3. The Morgan fingerprint density at radius 1 is 1.34 bits per heavy atom. The molecule has 2 aromatic carbocycles. The maximum Gasteiger partial charge on any atom is 0.414 e. The maximum absolute atomic E-state index is 14.9. The van der Waals surface area contributed by atoms with Gasteiger partial charge in [-0.3, -0.25) is 9.69 Å². The number of hydrazone groups is 1. The molecule has 0 aliphatic carbocycles. The van der Waals surface area contributed by atoms with Crippen molar-refractivity contribution in [3.8, 4) is 11.1 Å². The van der Waals surface area contributed by atoms with Crippen molar-refractivity contribution in [3.05, 3.63) is 64.7 Å². The van der Waals surface area contributed by atoms with E-state index < -0.39 is 18.0 Å². The number of benzene rings is 2. The molecule has 0 spiro atoms. The third-order valence-corrected chi connectivity index (χ3v) is 6.96. The number of hydrogen-bond acceptors (Lipinski definition) is 8. The number of rotatable bonds is 12. The minimum Gasteiger partial charge on any atom is -0.442 e. The zero-order valence-corrected chi connectivity index (χ0v) is 21.0. The molecule has 1 saturated heterocycles. The quantitative estimate of drug-likeness (QED) is 0.129. The van der Waals surface area contributed by atoms with Crippen LogP contribution in [-0.2, 0) is 16.1 Å². The lowest BCUT2D eigenvalue weighted by molar-refractivity contribution is -0.119. The van der Waals surface area contributed by atoms with Gasteiger partial charge in [-0.2, -0.15) is 5.10 Å². The highest BCUT2D eigenvalue weighted by atomic mass is 32.2. The molecule has 0 aromatic heterocycles. The van der Waals surface area contributed by atoms with Gasteiger partial charge in [0.1, 0.15) is 11.9 Å². The smallest absolute Gasteiger partial charge is 0.414 e. The third kappa shape index (κ3) is 8.01. The Bertz CT molecular complexity index is 1080. The van der Waals surface area contributed by atoms with Crippen LogP contribution in [0.25, 0.3) is 11.1 Å². The van der Waals surface area contributed by atoms with E-state index in [0.29, 0.717) is 17.8 Å². The number of ether oxygens (including phenoxy) is 1. The summed E-state index contributed by atoms with van der Waals surface area (Å²) in [6.07, 6.45) is -1.03. The Morgan fingerprint density at radius 2 is 2.11 bits per heavy atom. The van der Waals surface area contributed by atoms with Crippen LogP contribution in [0.2, 0.25) is 0 Å². The number of nitrogens with zero attached hydrogens (tertiary/aromatic N) is 2. The minimum atomic E-state index is -0.560.